The van der Waals surface area contributed by atoms with Crippen LogP contribution < -0.4 is 4.74 Å². The fourth-order valence-electron chi connectivity index (χ4n) is 1.08. The molecule has 0 atom stereocenters. The molecule has 1 aromatic heterocycles. The standard InChI is InChI=1S/C8H2F8INO/c9-5(10)2-1-3(19-8(14,15)16)4(6(17)18-2)7(11,12)13/h1,5H. The zero-order valence-corrected chi connectivity index (χ0v) is 10.6. The maximum atomic E-state index is 12.5. The molecule has 0 aliphatic heterocycles. The van der Waals surface area contributed by atoms with E-state index in [4.69, 9.17) is 0 Å². The number of ether oxygens (including phenoxy) is 1. The Morgan fingerprint density at radius 1 is 1.11 bits per heavy atom. The molecule has 2 nitrogen and oxygen atoms in total. The van der Waals surface area contributed by atoms with Crippen molar-refractivity contribution in [1.29, 1.82) is 0 Å². The van der Waals surface area contributed by atoms with Crippen molar-refractivity contribution in [3.05, 3.63) is 21.0 Å². The Hall–Kier alpha value is -0.880. The van der Waals surface area contributed by atoms with Crippen LogP contribution in [-0.2, 0) is 6.18 Å². The van der Waals surface area contributed by atoms with Crippen molar-refractivity contribution in [3.8, 4) is 5.75 Å². The highest BCUT2D eigenvalue weighted by molar-refractivity contribution is 14.1. The summed E-state index contributed by atoms with van der Waals surface area (Å²) >= 11 is 0.910. The van der Waals surface area contributed by atoms with Crippen LogP contribution in [0.25, 0.3) is 0 Å². The van der Waals surface area contributed by atoms with E-state index in [1.807, 2.05) is 0 Å². The smallest absolute Gasteiger partial charge is 0.405 e. The molecule has 1 aromatic rings. The summed E-state index contributed by atoms with van der Waals surface area (Å²) in [7, 11) is 0. The molecule has 0 spiro atoms. The van der Waals surface area contributed by atoms with Crippen LogP contribution in [0.1, 0.15) is 17.7 Å². The first kappa shape index (κ1) is 16.2. The highest BCUT2D eigenvalue weighted by atomic mass is 127. The molecule has 0 saturated heterocycles. The molecule has 0 aliphatic rings. The van der Waals surface area contributed by atoms with E-state index in [0.29, 0.717) is 0 Å². The van der Waals surface area contributed by atoms with Gasteiger partial charge in [0.2, 0.25) is 0 Å². The Labute approximate surface area is 113 Å². The first-order valence-electron chi connectivity index (χ1n) is 4.23. The van der Waals surface area contributed by atoms with Crippen LogP contribution in [0.5, 0.6) is 5.75 Å². The van der Waals surface area contributed by atoms with Gasteiger partial charge in [-0.1, -0.05) is 0 Å². The van der Waals surface area contributed by atoms with Crippen molar-refractivity contribution in [2.24, 2.45) is 0 Å². The molecule has 0 unspecified atom stereocenters. The Kier molecular flexibility index (Phi) is 4.47. The van der Waals surface area contributed by atoms with E-state index in [1.165, 1.54) is 0 Å². The number of aromatic nitrogens is 1. The number of rotatable bonds is 2. The molecule has 0 aliphatic carbocycles. The number of halogens is 9. The zero-order chi connectivity index (χ0) is 15.0. The van der Waals surface area contributed by atoms with Crippen molar-refractivity contribution < 1.29 is 39.9 Å². The predicted octanol–water partition coefficient (Wildman–Crippen LogP) is 4.54. The summed E-state index contributed by atoms with van der Waals surface area (Å²) in [5.74, 6) is -1.75. The van der Waals surface area contributed by atoms with E-state index in [0.717, 1.165) is 22.6 Å². The molecule has 0 saturated carbocycles. The summed E-state index contributed by atoms with van der Waals surface area (Å²) in [6.45, 7) is 0. The monoisotopic (exact) mass is 407 g/mol. The molecular formula is C8H2F8INO. The summed E-state index contributed by atoms with van der Waals surface area (Å²) in [5, 5.41) is 0. The second-order valence-electron chi connectivity index (χ2n) is 3.06. The van der Waals surface area contributed by atoms with Gasteiger partial charge < -0.3 is 4.74 Å². The number of nitrogens with zero attached hydrogens (tertiary/aromatic N) is 1. The largest absolute Gasteiger partial charge is 0.573 e. The highest BCUT2D eigenvalue weighted by Gasteiger charge is 2.42. The Balaban J connectivity index is 3.45. The van der Waals surface area contributed by atoms with Crippen molar-refractivity contribution in [2.45, 2.75) is 19.0 Å². The first-order chi connectivity index (χ1) is 8.42. The van der Waals surface area contributed by atoms with Crippen LogP contribution in [0.2, 0.25) is 0 Å². The lowest BCUT2D eigenvalue weighted by Crippen LogP contribution is -2.22. The van der Waals surface area contributed by atoms with E-state index in [1.54, 1.807) is 0 Å². The van der Waals surface area contributed by atoms with Gasteiger partial charge in [0.05, 0.1) is 0 Å². The summed E-state index contributed by atoms with van der Waals surface area (Å²) in [4.78, 5) is 2.90. The Morgan fingerprint density at radius 3 is 2.00 bits per heavy atom. The zero-order valence-electron chi connectivity index (χ0n) is 8.41. The first-order valence-corrected chi connectivity index (χ1v) is 5.31. The van der Waals surface area contributed by atoms with Crippen molar-refractivity contribution in [2.75, 3.05) is 0 Å². The van der Waals surface area contributed by atoms with Gasteiger partial charge in [-0.25, -0.2) is 13.8 Å². The third kappa shape index (κ3) is 4.31. The average molecular weight is 407 g/mol. The minimum Gasteiger partial charge on any atom is -0.405 e. The van der Waals surface area contributed by atoms with E-state index in [2.05, 4.69) is 9.72 Å². The van der Waals surface area contributed by atoms with Gasteiger partial charge in [-0.05, 0) is 22.6 Å². The van der Waals surface area contributed by atoms with Crippen LogP contribution in [-0.4, -0.2) is 11.3 Å². The Bertz CT molecular complexity index is 469. The number of hydrogen-bond donors (Lipinski definition) is 0. The van der Waals surface area contributed by atoms with Gasteiger partial charge in [-0.2, -0.15) is 13.2 Å². The van der Waals surface area contributed by atoms with Crippen LogP contribution in [0, 0.1) is 3.70 Å². The topological polar surface area (TPSA) is 22.1 Å². The fraction of sp³-hybridized carbons (Fsp3) is 0.375. The van der Waals surface area contributed by atoms with Gasteiger partial charge >= 0.3 is 12.5 Å². The number of hydrogen-bond acceptors (Lipinski definition) is 2. The highest BCUT2D eigenvalue weighted by Crippen LogP contribution is 2.41. The lowest BCUT2D eigenvalue weighted by molar-refractivity contribution is -0.276. The molecule has 0 amide bonds. The molecule has 108 valence electrons. The van der Waals surface area contributed by atoms with Gasteiger partial charge in [0, 0.05) is 6.07 Å². The van der Waals surface area contributed by atoms with Crippen LogP contribution in [0.15, 0.2) is 6.07 Å². The SMILES string of the molecule is FC(F)c1cc(OC(F)(F)F)c(C(F)(F)F)c(I)n1. The maximum Gasteiger partial charge on any atom is 0.573 e. The molecule has 0 bridgehead atoms. The van der Waals surface area contributed by atoms with Gasteiger partial charge in [0.25, 0.3) is 6.43 Å². The molecule has 0 aromatic carbocycles. The van der Waals surface area contributed by atoms with E-state index in [9.17, 15) is 35.1 Å². The maximum absolute atomic E-state index is 12.5. The van der Waals surface area contributed by atoms with E-state index >= 15 is 0 Å². The summed E-state index contributed by atoms with van der Waals surface area (Å²) < 4.78 is 100. The lowest BCUT2D eigenvalue weighted by atomic mass is 10.2. The molecule has 0 N–H and O–H groups in total. The van der Waals surface area contributed by atoms with Crippen LogP contribution in [0.4, 0.5) is 35.1 Å². The molecule has 11 heteroatoms. The van der Waals surface area contributed by atoms with Crippen molar-refractivity contribution in [3.63, 3.8) is 0 Å². The minimum absolute atomic E-state index is 0.0802. The molecule has 1 rings (SSSR count). The average Bonchev–Trinajstić information content (AvgIpc) is 2.10. The predicted molar refractivity (Wildman–Crippen MR) is 53.6 cm³/mol. The van der Waals surface area contributed by atoms with Crippen molar-refractivity contribution in [1.82, 2.24) is 4.98 Å². The molecular weight excluding hydrogens is 405 g/mol. The van der Waals surface area contributed by atoms with Crippen LogP contribution >= 0.6 is 22.6 Å². The van der Waals surface area contributed by atoms with Gasteiger partial charge in [-0.3, -0.25) is 0 Å². The quantitative estimate of drug-likeness (QED) is 0.408. The fourth-order valence-corrected chi connectivity index (χ4v) is 1.93. The van der Waals surface area contributed by atoms with Crippen LogP contribution in [0.3, 0.4) is 0 Å². The second-order valence-corrected chi connectivity index (χ2v) is 4.08. The van der Waals surface area contributed by atoms with Gasteiger partial charge in [-0.15, -0.1) is 13.2 Å². The Morgan fingerprint density at radius 2 is 1.63 bits per heavy atom. The number of alkyl halides is 8. The summed E-state index contributed by atoms with van der Waals surface area (Å²) in [6.07, 6.45) is -14.0. The van der Waals surface area contributed by atoms with Crippen molar-refractivity contribution >= 4 is 22.6 Å². The third-order valence-corrected chi connectivity index (χ3v) is 2.47. The molecule has 0 fully saturated rings. The third-order valence-electron chi connectivity index (χ3n) is 1.69. The molecule has 0 radical (unpaired) electrons. The number of pyridine rings is 1. The lowest BCUT2D eigenvalue weighted by Gasteiger charge is -2.17. The van der Waals surface area contributed by atoms with Gasteiger partial charge in [0.1, 0.15) is 20.7 Å². The van der Waals surface area contributed by atoms with E-state index < -0.39 is 39.7 Å². The normalized spacial score (nSPS) is 12.9. The van der Waals surface area contributed by atoms with Gasteiger partial charge in [0.15, 0.2) is 0 Å². The molecule has 1 heterocycles. The summed E-state index contributed by atoms with van der Waals surface area (Å²) in [6, 6.07) is -0.0802. The second kappa shape index (κ2) is 5.25. The molecule has 19 heavy (non-hydrogen) atoms. The minimum atomic E-state index is -5.44. The summed E-state index contributed by atoms with van der Waals surface area (Å²) in [5.41, 5.74) is -3.09. The van der Waals surface area contributed by atoms with E-state index in [-0.39, 0.29) is 6.07 Å².